The van der Waals surface area contributed by atoms with Gasteiger partial charge in [-0.3, -0.25) is 4.79 Å². The first-order valence-electron chi connectivity index (χ1n) is 14.7. The van der Waals surface area contributed by atoms with Crippen molar-refractivity contribution in [1.82, 2.24) is 9.80 Å². The smallest absolute Gasteiger partial charge is 0.415 e. The van der Waals surface area contributed by atoms with Gasteiger partial charge in [0.05, 0.1) is 0 Å². The van der Waals surface area contributed by atoms with Gasteiger partial charge in [0.1, 0.15) is 17.3 Å². The zero-order chi connectivity index (χ0) is 26.4. The number of nitrogens with zero attached hydrogens (tertiary/aromatic N) is 2. The Balaban J connectivity index is 1.15. The maximum atomic E-state index is 13.9. The van der Waals surface area contributed by atoms with E-state index in [0.29, 0.717) is 30.4 Å². The van der Waals surface area contributed by atoms with E-state index in [1.807, 2.05) is 17.0 Å². The second kappa shape index (κ2) is 10.7. The molecule has 4 fully saturated rings. The lowest BCUT2D eigenvalue weighted by Gasteiger charge is -2.51. The Morgan fingerprint density at radius 2 is 1.89 bits per heavy atom. The van der Waals surface area contributed by atoms with Gasteiger partial charge in [0, 0.05) is 40.8 Å². The minimum absolute atomic E-state index is 0.0113. The van der Waals surface area contributed by atoms with Crippen LogP contribution in [-0.4, -0.2) is 64.2 Å². The van der Waals surface area contributed by atoms with Gasteiger partial charge in [-0.15, -0.1) is 0 Å². The Hall–Kier alpha value is -1.64. The molecule has 1 unspecified atom stereocenters. The van der Waals surface area contributed by atoms with Crippen molar-refractivity contribution in [3.8, 4) is 5.75 Å². The number of piperidine rings is 2. The number of Topliss-reactive ketones (excluding diaryl/α,β-unsaturated/α-hetero) is 1. The van der Waals surface area contributed by atoms with E-state index in [9.17, 15) is 18.0 Å². The van der Waals surface area contributed by atoms with Crippen LogP contribution >= 0.6 is 0 Å². The second-order valence-electron chi connectivity index (χ2n) is 12.7. The number of carbonyl (C=O) groups is 2. The molecule has 5 aliphatic rings. The molecule has 6 atom stereocenters. The van der Waals surface area contributed by atoms with Crippen molar-refractivity contribution >= 4 is 23.4 Å². The summed E-state index contributed by atoms with van der Waals surface area (Å²) in [5.41, 5.74) is 1.98. The van der Waals surface area contributed by atoms with Gasteiger partial charge in [-0.25, -0.2) is 4.79 Å². The first-order valence-corrected chi connectivity index (χ1v) is 16.0. The molecular weight excluding hydrogens is 503 g/mol. The summed E-state index contributed by atoms with van der Waals surface area (Å²) in [6.45, 7) is 5.90. The summed E-state index contributed by atoms with van der Waals surface area (Å²) < 4.78 is 31.5. The third-order valence-corrected chi connectivity index (χ3v) is 11.5. The van der Waals surface area contributed by atoms with Crippen LogP contribution in [0.25, 0.3) is 0 Å². The third-order valence-electron chi connectivity index (χ3n) is 10.8. The third kappa shape index (κ3) is 4.90. The Kier molecular flexibility index (Phi) is 7.51. The molecule has 6 rings (SSSR count). The molecule has 0 bridgehead atoms. The highest BCUT2D eigenvalue weighted by Crippen LogP contribution is 2.61. The van der Waals surface area contributed by atoms with E-state index in [1.165, 1.54) is 37.9 Å². The predicted octanol–water partition coefficient (Wildman–Crippen LogP) is 5.42. The van der Waals surface area contributed by atoms with Crippen molar-refractivity contribution in [3.05, 3.63) is 29.3 Å². The summed E-state index contributed by atoms with van der Waals surface area (Å²) in [5, 5.41) is 0. The molecule has 208 valence electrons. The number of hydrogen-bond donors (Lipinski definition) is 0. The zero-order valence-electron chi connectivity index (χ0n) is 22.5. The van der Waals surface area contributed by atoms with Gasteiger partial charge in [-0.1, -0.05) is 19.4 Å². The molecule has 1 amide bonds. The Labute approximate surface area is 229 Å². The molecule has 3 aliphatic carbocycles. The fourth-order valence-electron chi connectivity index (χ4n) is 8.79. The topological polar surface area (TPSA) is 72.9 Å². The fourth-order valence-corrected chi connectivity index (χ4v) is 9.47. The number of ketones is 1. The molecule has 0 spiro atoms. The number of amides is 1. The maximum Gasteiger partial charge on any atom is 0.415 e. The highest BCUT2D eigenvalue weighted by atomic mass is 32.3. The van der Waals surface area contributed by atoms with Crippen LogP contribution in [-0.2, 0) is 22.8 Å². The van der Waals surface area contributed by atoms with Crippen LogP contribution in [0.15, 0.2) is 18.2 Å². The lowest BCUT2D eigenvalue weighted by atomic mass is 9.53. The van der Waals surface area contributed by atoms with Gasteiger partial charge >= 0.3 is 6.09 Å². The molecular formula is C30H41FN2O4S. The minimum atomic E-state index is -2.39. The molecule has 0 aromatic heterocycles. The lowest BCUT2D eigenvalue weighted by molar-refractivity contribution is -0.129. The Morgan fingerprint density at radius 3 is 2.63 bits per heavy atom. The summed E-state index contributed by atoms with van der Waals surface area (Å²) in [6, 6.07) is 6.50. The van der Waals surface area contributed by atoms with E-state index in [1.54, 1.807) is 0 Å². The zero-order valence-corrected chi connectivity index (χ0v) is 23.4. The summed E-state index contributed by atoms with van der Waals surface area (Å²) >= 11 is -2.39. The number of ether oxygens (including phenoxy) is 1. The Morgan fingerprint density at radius 1 is 1.13 bits per heavy atom. The average Bonchev–Trinajstić information content (AvgIpc) is 3.22. The highest BCUT2D eigenvalue weighted by molar-refractivity contribution is 7.86. The van der Waals surface area contributed by atoms with Crippen molar-refractivity contribution in [2.75, 3.05) is 31.9 Å². The van der Waals surface area contributed by atoms with Gasteiger partial charge in [0.15, 0.2) is 11.6 Å². The minimum Gasteiger partial charge on any atom is -0.581 e. The second-order valence-corrected chi connectivity index (χ2v) is 13.6. The largest absolute Gasteiger partial charge is 0.581 e. The number of halogens is 1. The molecule has 8 heteroatoms. The van der Waals surface area contributed by atoms with Crippen LogP contribution in [0, 0.1) is 23.2 Å². The molecule has 38 heavy (non-hydrogen) atoms. The Bertz CT molecular complexity index is 1050. The van der Waals surface area contributed by atoms with E-state index < -0.39 is 11.6 Å². The van der Waals surface area contributed by atoms with E-state index in [-0.39, 0.29) is 40.9 Å². The van der Waals surface area contributed by atoms with Gasteiger partial charge in [0.25, 0.3) is 0 Å². The number of benzene rings is 1. The molecule has 2 heterocycles. The standard InChI is InChI=1S/C30H41FN2O4S/c1-30-12-9-25-24-6-5-23(37-29(35)33-15-10-22(11-16-33)32-13-3-2-4-14-32)18-20(24)17-21(19-38(31)36)28(25)26(30)7-8-27(30)34/h5-6,18,21-22,25-26,28H,2-4,7-17,19H2,1H3/t21-,25+,26-,28+,30-,38?/m0/s1. The normalized spacial score (nSPS) is 34.8. The van der Waals surface area contributed by atoms with Gasteiger partial charge in [-0.2, -0.15) is 0 Å². The molecule has 2 aliphatic heterocycles. The van der Waals surface area contributed by atoms with E-state index in [2.05, 4.69) is 17.9 Å². The fraction of sp³-hybridized carbons (Fsp3) is 0.733. The molecule has 1 aromatic rings. The number of likely N-dealkylation sites (tertiary alicyclic amines) is 2. The number of carbonyl (C=O) groups excluding carboxylic acids is 2. The van der Waals surface area contributed by atoms with E-state index >= 15 is 0 Å². The van der Waals surface area contributed by atoms with Crippen LogP contribution in [0.3, 0.4) is 0 Å². The summed E-state index contributed by atoms with van der Waals surface area (Å²) in [5.74, 6) is 1.43. The summed E-state index contributed by atoms with van der Waals surface area (Å²) in [6.07, 6.45) is 9.39. The molecule has 6 nitrogen and oxygen atoms in total. The first kappa shape index (κ1) is 26.6. The van der Waals surface area contributed by atoms with Crippen LogP contribution in [0.1, 0.15) is 81.8 Å². The van der Waals surface area contributed by atoms with Crippen LogP contribution in [0.2, 0.25) is 0 Å². The molecule has 0 radical (unpaired) electrons. The van der Waals surface area contributed by atoms with Gasteiger partial charge < -0.3 is 19.1 Å². The van der Waals surface area contributed by atoms with Crippen molar-refractivity contribution in [2.45, 2.75) is 83.1 Å². The van der Waals surface area contributed by atoms with Crippen LogP contribution in [0.4, 0.5) is 8.68 Å². The molecule has 2 saturated carbocycles. The van der Waals surface area contributed by atoms with Crippen LogP contribution < -0.4 is 4.74 Å². The number of fused-ring (bicyclic) bond motifs is 5. The SMILES string of the molecule is C[C@]12CC[C@@H]3c4ccc(OC(=O)N5CCC(N6CCCCC6)CC5)cc4C[C@@H](C[S+]([O-])F)[C@H]3[C@@H]1CCC2=O. The molecule has 2 saturated heterocycles. The van der Waals surface area contributed by atoms with Crippen molar-refractivity contribution in [1.29, 1.82) is 0 Å². The van der Waals surface area contributed by atoms with E-state index in [4.69, 9.17) is 4.74 Å². The highest BCUT2D eigenvalue weighted by Gasteiger charge is 2.57. The summed E-state index contributed by atoms with van der Waals surface area (Å²) in [7, 11) is 0. The van der Waals surface area contributed by atoms with Gasteiger partial charge in [-0.05, 0) is 105 Å². The van der Waals surface area contributed by atoms with Crippen molar-refractivity contribution < 1.29 is 22.8 Å². The monoisotopic (exact) mass is 544 g/mol. The number of hydrogen-bond acceptors (Lipinski definition) is 5. The van der Waals surface area contributed by atoms with E-state index in [0.717, 1.165) is 50.8 Å². The molecule has 0 N–H and O–H groups in total. The van der Waals surface area contributed by atoms with Crippen molar-refractivity contribution in [3.63, 3.8) is 0 Å². The lowest BCUT2D eigenvalue weighted by Crippen LogP contribution is -2.48. The number of rotatable bonds is 4. The van der Waals surface area contributed by atoms with Gasteiger partial charge in [0.2, 0.25) is 0 Å². The van der Waals surface area contributed by atoms with Crippen molar-refractivity contribution in [2.24, 2.45) is 23.2 Å². The van der Waals surface area contributed by atoms with Crippen LogP contribution in [0.5, 0.6) is 5.75 Å². The molecule has 1 aromatic carbocycles. The predicted molar refractivity (Wildman–Crippen MR) is 145 cm³/mol. The summed E-state index contributed by atoms with van der Waals surface area (Å²) in [4.78, 5) is 30.2. The average molecular weight is 545 g/mol. The quantitative estimate of drug-likeness (QED) is 0.474. The maximum absolute atomic E-state index is 13.9. The first-order chi connectivity index (χ1) is 18.3.